The Morgan fingerprint density at radius 1 is 1.21 bits per heavy atom. The van der Waals surface area contributed by atoms with Gasteiger partial charge in [0.2, 0.25) is 0 Å². The molecule has 0 aliphatic carbocycles. The summed E-state index contributed by atoms with van der Waals surface area (Å²) in [4.78, 5) is 2.45. The highest BCUT2D eigenvalue weighted by molar-refractivity contribution is 6.35. The van der Waals surface area contributed by atoms with Crippen molar-refractivity contribution in [3.8, 4) is 0 Å². The first kappa shape index (κ1) is 15.0. The maximum absolute atomic E-state index is 6.13. The van der Waals surface area contributed by atoms with E-state index in [1.807, 2.05) is 12.1 Å². The minimum absolute atomic E-state index is 0.516. The van der Waals surface area contributed by atoms with Crippen LogP contribution in [0.5, 0.6) is 0 Å². The first-order valence-electron chi connectivity index (χ1n) is 7.10. The summed E-state index contributed by atoms with van der Waals surface area (Å²) < 4.78 is 0. The molecule has 1 aromatic rings. The van der Waals surface area contributed by atoms with Gasteiger partial charge in [-0.25, -0.2) is 0 Å². The van der Waals surface area contributed by atoms with E-state index < -0.39 is 0 Å². The lowest BCUT2D eigenvalue weighted by atomic mass is 10.0. The normalized spacial score (nSPS) is 23.7. The summed E-state index contributed by atoms with van der Waals surface area (Å²) in [5, 5.41) is 5.06. The standard InChI is InChI=1S/C15H22Cl2N2/c1-3-5-13-10-19(14(4-2)9-18-13)15-7-11(16)6-12(17)8-15/h6-8,13-14,18H,3-5,9-10H2,1-2H3. The maximum atomic E-state index is 6.13. The minimum atomic E-state index is 0.516. The van der Waals surface area contributed by atoms with E-state index in [0.29, 0.717) is 22.1 Å². The second-order valence-corrected chi connectivity index (χ2v) is 6.11. The molecule has 1 heterocycles. The highest BCUT2D eigenvalue weighted by Crippen LogP contribution is 2.29. The zero-order chi connectivity index (χ0) is 13.8. The molecule has 1 N–H and O–H groups in total. The number of nitrogens with zero attached hydrogens (tertiary/aromatic N) is 1. The van der Waals surface area contributed by atoms with Gasteiger partial charge < -0.3 is 10.2 Å². The fourth-order valence-electron chi connectivity index (χ4n) is 2.79. The van der Waals surface area contributed by atoms with Crippen molar-refractivity contribution in [3.05, 3.63) is 28.2 Å². The number of halogens is 2. The second kappa shape index (κ2) is 6.83. The van der Waals surface area contributed by atoms with Gasteiger partial charge >= 0.3 is 0 Å². The summed E-state index contributed by atoms with van der Waals surface area (Å²) in [6, 6.07) is 6.90. The van der Waals surface area contributed by atoms with Crippen LogP contribution in [0.25, 0.3) is 0 Å². The van der Waals surface area contributed by atoms with E-state index in [1.54, 1.807) is 6.07 Å². The third-order valence-corrected chi connectivity index (χ3v) is 4.22. The highest BCUT2D eigenvalue weighted by Gasteiger charge is 2.26. The van der Waals surface area contributed by atoms with Crippen LogP contribution < -0.4 is 10.2 Å². The lowest BCUT2D eigenvalue weighted by molar-refractivity contribution is 0.369. The Labute approximate surface area is 126 Å². The van der Waals surface area contributed by atoms with Crippen molar-refractivity contribution < 1.29 is 0 Å². The first-order valence-corrected chi connectivity index (χ1v) is 7.85. The van der Waals surface area contributed by atoms with Crippen LogP contribution >= 0.6 is 23.2 Å². The molecule has 19 heavy (non-hydrogen) atoms. The Hall–Kier alpha value is -0.440. The van der Waals surface area contributed by atoms with E-state index in [4.69, 9.17) is 23.2 Å². The Morgan fingerprint density at radius 3 is 2.47 bits per heavy atom. The maximum Gasteiger partial charge on any atom is 0.0441 e. The molecule has 2 unspecified atom stereocenters. The molecule has 106 valence electrons. The van der Waals surface area contributed by atoms with Gasteiger partial charge in [-0.3, -0.25) is 0 Å². The summed E-state index contributed by atoms with van der Waals surface area (Å²) in [6.45, 7) is 6.52. The number of anilines is 1. The predicted octanol–water partition coefficient (Wildman–Crippen LogP) is 4.35. The van der Waals surface area contributed by atoms with E-state index >= 15 is 0 Å². The summed E-state index contributed by atoms with van der Waals surface area (Å²) in [5.41, 5.74) is 1.15. The van der Waals surface area contributed by atoms with E-state index in [1.165, 1.54) is 12.8 Å². The van der Waals surface area contributed by atoms with Gasteiger partial charge in [0.05, 0.1) is 0 Å². The number of hydrogen-bond donors (Lipinski definition) is 1. The molecule has 1 saturated heterocycles. The van der Waals surface area contributed by atoms with Crippen LogP contribution in [-0.4, -0.2) is 25.2 Å². The Kier molecular flexibility index (Phi) is 5.37. The largest absolute Gasteiger partial charge is 0.366 e. The summed E-state index contributed by atoms with van der Waals surface area (Å²) >= 11 is 12.3. The van der Waals surface area contributed by atoms with Crippen LogP contribution in [0.3, 0.4) is 0 Å². The topological polar surface area (TPSA) is 15.3 Å². The van der Waals surface area contributed by atoms with Crippen molar-refractivity contribution in [2.75, 3.05) is 18.0 Å². The number of rotatable bonds is 4. The minimum Gasteiger partial charge on any atom is -0.366 e. The van der Waals surface area contributed by atoms with Crippen molar-refractivity contribution in [2.45, 2.75) is 45.2 Å². The van der Waals surface area contributed by atoms with Gasteiger partial charge in [-0.1, -0.05) is 43.5 Å². The summed E-state index contributed by atoms with van der Waals surface area (Å²) in [5.74, 6) is 0. The number of hydrogen-bond acceptors (Lipinski definition) is 2. The van der Waals surface area contributed by atoms with Gasteiger partial charge in [0.1, 0.15) is 0 Å². The molecule has 1 aliphatic heterocycles. The van der Waals surface area contributed by atoms with Crippen molar-refractivity contribution >= 4 is 28.9 Å². The number of nitrogens with one attached hydrogen (secondary N) is 1. The molecular formula is C15H22Cl2N2. The highest BCUT2D eigenvalue weighted by atomic mass is 35.5. The van der Waals surface area contributed by atoms with E-state index in [-0.39, 0.29) is 0 Å². The molecular weight excluding hydrogens is 279 g/mol. The molecule has 1 aromatic carbocycles. The molecule has 4 heteroatoms. The fourth-order valence-corrected chi connectivity index (χ4v) is 3.31. The average Bonchev–Trinajstić information content (AvgIpc) is 2.38. The van der Waals surface area contributed by atoms with Gasteiger partial charge in [-0.2, -0.15) is 0 Å². The molecule has 0 spiro atoms. The molecule has 0 aromatic heterocycles. The van der Waals surface area contributed by atoms with Crippen LogP contribution in [0.4, 0.5) is 5.69 Å². The smallest absolute Gasteiger partial charge is 0.0441 e. The van der Waals surface area contributed by atoms with Crippen molar-refractivity contribution in [1.29, 1.82) is 0 Å². The predicted molar refractivity (Wildman–Crippen MR) is 84.6 cm³/mol. The monoisotopic (exact) mass is 300 g/mol. The molecule has 1 fully saturated rings. The van der Waals surface area contributed by atoms with Crippen LogP contribution in [0, 0.1) is 0 Å². The number of benzene rings is 1. The quantitative estimate of drug-likeness (QED) is 0.889. The molecule has 2 nitrogen and oxygen atoms in total. The molecule has 2 atom stereocenters. The summed E-state index contributed by atoms with van der Waals surface area (Å²) in [6.07, 6.45) is 3.54. The lowest BCUT2D eigenvalue weighted by Crippen LogP contribution is -2.56. The van der Waals surface area contributed by atoms with Gasteiger partial charge in [-0.05, 0) is 31.0 Å². The van der Waals surface area contributed by atoms with Crippen LogP contribution in [-0.2, 0) is 0 Å². The van der Waals surface area contributed by atoms with Crippen LogP contribution in [0.2, 0.25) is 10.0 Å². The van der Waals surface area contributed by atoms with E-state index in [9.17, 15) is 0 Å². The fraction of sp³-hybridized carbons (Fsp3) is 0.600. The Morgan fingerprint density at radius 2 is 1.89 bits per heavy atom. The molecule has 0 amide bonds. The van der Waals surface area contributed by atoms with Crippen molar-refractivity contribution in [1.82, 2.24) is 5.32 Å². The second-order valence-electron chi connectivity index (χ2n) is 5.24. The van der Waals surface area contributed by atoms with Crippen LogP contribution in [0.15, 0.2) is 18.2 Å². The molecule has 2 rings (SSSR count). The average molecular weight is 301 g/mol. The van der Waals surface area contributed by atoms with Gasteiger partial charge in [0.25, 0.3) is 0 Å². The Balaban J connectivity index is 2.21. The van der Waals surface area contributed by atoms with Gasteiger partial charge in [-0.15, -0.1) is 0 Å². The van der Waals surface area contributed by atoms with Crippen molar-refractivity contribution in [3.63, 3.8) is 0 Å². The Bertz CT molecular complexity index is 402. The van der Waals surface area contributed by atoms with E-state index in [2.05, 4.69) is 24.1 Å². The zero-order valence-corrected chi connectivity index (χ0v) is 13.1. The third-order valence-electron chi connectivity index (χ3n) is 3.79. The molecule has 1 aliphatic rings. The number of piperazine rings is 1. The van der Waals surface area contributed by atoms with Gasteiger partial charge in [0.15, 0.2) is 0 Å². The SMILES string of the molecule is CCCC1CN(c2cc(Cl)cc(Cl)c2)C(CC)CN1. The lowest BCUT2D eigenvalue weighted by Gasteiger charge is -2.42. The molecule has 0 saturated carbocycles. The third kappa shape index (κ3) is 3.77. The first-order chi connectivity index (χ1) is 9.13. The van der Waals surface area contributed by atoms with Crippen molar-refractivity contribution in [2.24, 2.45) is 0 Å². The van der Waals surface area contributed by atoms with Gasteiger partial charge in [0, 0.05) is 40.9 Å². The molecule has 0 radical (unpaired) electrons. The summed E-state index contributed by atoms with van der Waals surface area (Å²) in [7, 11) is 0. The molecule has 0 bridgehead atoms. The zero-order valence-electron chi connectivity index (χ0n) is 11.6. The van der Waals surface area contributed by atoms with Crippen LogP contribution in [0.1, 0.15) is 33.1 Å². The van der Waals surface area contributed by atoms with E-state index in [0.717, 1.165) is 25.2 Å².